The van der Waals surface area contributed by atoms with E-state index in [2.05, 4.69) is 27.9 Å². The van der Waals surface area contributed by atoms with Crippen LogP contribution in [0, 0.1) is 0 Å². The third-order valence-corrected chi connectivity index (χ3v) is 4.04. The van der Waals surface area contributed by atoms with Gasteiger partial charge in [-0.3, -0.25) is 4.98 Å². The molecular weight excluding hydrogens is 328 g/mol. The van der Waals surface area contributed by atoms with Crippen LogP contribution in [0.3, 0.4) is 0 Å². The normalized spacial score (nSPS) is 11.8. The number of carbonyl (C=O) groups excluding carboxylic acids is 1. The number of ether oxygens (including phenoxy) is 1. The minimum absolute atomic E-state index is 0.398. The molecule has 1 N–H and O–H groups in total. The van der Waals surface area contributed by atoms with Gasteiger partial charge >= 0.3 is 6.09 Å². The Morgan fingerprint density at radius 1 is 1.23 bits per heavy atom. The molecule has 3 rings (SSSR count). The van der Waals surface area contributed by atoms with Gasteiger partial charge in [0.25, 0.3) is 0 Å². The number of rotatable bonds is 5. The second-order valence-electron chi connectivity index (χ2n) is 7.37. The van der Waals surface area contributed by atoms with E-state index in [-0.39, 0.29) is 0 Å². The molecule has 0 unspecified atom stereocenters. The first-order valence-electron chi connectivity index (χ1n) is 9.09. The first kappa shape index (κ1) is 18.2. The summed E-state index contributed by atoms with van der Waals surface area (Å²) in [5.41, 5.74) is 2.42. The summed E-state index contributed by atoms with van der Waals surface area (Å²) in [5.74, 6) is 1.02. The van der Waals surface area contributed by atoms with Crippen molar-refractivity contribution >= 4 is 28.0 Å². The lowest BCUT2D eigenvalue weighted by molar-refractivity contribution is 0.0526. The summed E-state index contributed by atoms with van der Waals surface area (Å²) in [5, 5.41) is 3.91. The number of nitrogens with zero attached hydrogens (tertiary/aromatic N) is 3. The SMILES string of the molecule is CCCc1nc2cnc3ccccc3c2n1CCNC(=O)OC(C)(C)C. The summed E-state index contributed by atoms with van der Waals surface area (Å²) in [6.45, 7) is 8.82. The monoisotopic (exact) mass is 354 g/mol. The third-order valence-electron chi connectivity index (χ3n) is 4.04. The number of carbonyl (C=O) groups is 1. The molecule has 0 atom stereocenters. The topological polar surface area (TPSA) is 69.0 Å². The van der Waals surface area contributed by atoms with Crippen molar-refractivity contribution in [2.75, 3.05) is 6.54 Å². The van der Waals surface area contributed by atoms with E-state index in [1.807, 2.05) is 45.2 Å². The van der Waals surface area contributed by atoms with Crippen LogP contribution in [0.2, 0.25) is 0 Å². The van der Waals surface area contributed by atoms with Crippen molar-refractivity contribution in [1.82, 2.24) is 19.9 Å². The molecule has 0 aliphatic carbocycles. The van der Waals surface area contributed by atoms with Gasteiger partial charge in [0.05, 0.1) is 17.2 Å². The van der Waals surface area contributed by atoms with Gasteiger partial charge in [-0.2, -0.15) is 0 Å². The van der Waals surface area contributed by atoms with E-state index in [4.69, 9.17) is 9.72 Å². The molecule has 0 fully saturated rings. The molecule has 0 aliphatic rings. The molecule has 2 heterocycles. The van der Waals surface area contributed by atoms with Gasteiger partial charge in [-0.15, -0.1) is 0 Å². The fraction of sp³-hybridized carbons (Fsp3) is 0.450. The molecular formula is C20H26N4O2. The number of fused-ring (bicyclic) bond motifs is 3. The smallest absolute Gasteiger partial charge is 0.407 e. The summed E-state index contributed by atoms with van der Waals surface area (Å²) in [6, 6.07) is 8.07. The minimum atomic E-state index is -0.499. The maximum Gasteiger partial charge on any atom is 0.407 e. The van der Waals surface area contributed by atoms with Gasteiger partial charge in [0, 0.05) is 24.9 Å². The lowest BCUT2D eigenvalue weighted by atomic mass is 10.2. The Bertz CT molecular complexity index is 925. The van der Waals surface area contributed by atoms with E-state index in [1.54, 1.807) is 0 Å². The maximum atomic E-state index is 11.9. The summed E-state index contributed by atoms with van der Waals surface area (Å²) in [7, 11) is 0. The zero-order valence-corrected chi connectivity index (χ0v) is 15.9. The Morgan fingerprint density at radius 2 is 2.00 bits per heavy atom. The highest BCUT2D eigenvalue weighted by atomic mass is 16.6. The number of amides is 1. The molecule has 26 heavy (non-hydrogen) atoms. The van der Waals surface area contributed by atoms with Gasteiger partial charge in [0.15, 0.2) is 0 Å². The Balaban J connectivity index is 1.89. The Hall–Kier alpha value is -2.63. The zero-order valence-electron chi connectivity index (χ0n) is 15.9. The molecule has 6 heteroatoms. The van der Waals surface area contributed by atoms with Crippen LogP contribution in [0.4, 0.5) is 4.79 Å². The molecule has 0 radical (unpaired) electrons. The quantitative estimate of drug-likeness (QED) is 0.750. The molecule has 6 nitrogen and oxygen atoms in total. The maximum absolute atomic E-state index is 11.9. The number of hydrogen-bond acceptors (Lipinski definition) is 4. The van der Waals surface area contributed by atoms with Crippen LogP contribution < -0.4 is 5.32 Å². The van der Waals surface area contributed by atoms with Crippen molar-refractivity contribution < 1.29 is 9.53 Å². The van der Waals surface area contributed by atoms with Gasteiger partial charge in [-0.25, -0.2) is 9.78 Å². The largest absolute Gasteiger partial charge is 0.444 e. The molecule has 3 aromatic rings. The highest BCUT2D eigenvalue weighted by Crippen LogP contribution is 2.25. The van der Waals surface area contributed by atoms with E-state index in [0.29, 0.717) is 13.1 Å². The van der Waals surface area contributed by atoms with Crippen LogP contribution in [0.5, 0.6) is 0 Å². The number of aryl methyl sites for hydroxylation is 1. The number of pyridine rings is 1. The van der Waals surface area contributed by atoms with Crippen molar-refractivity contribution in [1.29, 1.82) is 0 Å². The number of benzene rings is 1. The third kappa shape index (κ3) is 3.95. The first-order valence-corrected chi connectivity index (χ1v) is 9.09. The van der Waals surface area contributed by atoms with Gasteiger partial charge in [0.1, 0.15) is 16.9 Å². The fourth-order valence-electron chi connectivity index (χ4n) is 3.05. The molecule has 0 saturated heterocycles. The number of hydrogen-bond donors (Lipinski definition) is 1. The van der Waals surface area contributed by atoms with E-state index in [1.165, 1.54) is 0 Å². The number of alkyl carbamates (subject to hydrolysis) is 1. The Morgan fingerprint density at radius 3 is 2.73 bits per heavy atom. The van der Waals surface area contributed by atoms with Gasteiger partial charge in [-0.05, 0) is 33.3 Å². The summed E-state index contributed by atoms with van der Waals surface area (Å²) in [4.78, 5) is 21.2. The van der Waals surface area contributed by atoms with Gasteiger partial charge in [0.2, 0.25) is 0 Å². The highest BCUT2D eigenvalue weighted by molar-refractivity contribution is 6.02. The second-order valence-corrected chi connectivity index (χ2v) is 7.37. The minimum Gasteiger partial charge on any atom is -0.444 e. The van der Waals surface area contributed by atoms with E-state index in [0.717, 1.165) is 40.6 Å². The van der Waals surface area contributed by atoms with Crippen LogP contribution in [0.15, 0.2) is 30.5 Å². The average Bonchev–Trinajstić information content (AvgIpc) is 2.92. The molecule has 0 saturated carbocycles. The molecule has 1 aromatic carbocycles. The molecule has 2 aromatic heterocycles. The van der Waals surface area contributed by atoms with Crippen molar-refractivity contribution in [3.63, 3.8) is 0 Å². The van der Waals surface area contributed by atoms with Crippen molar-refractivity contribution in [2.45, 2.75) is 52.7 Å². The molecule has 0 bridgehead atoms. The summed E-state index contributed by atoms with van der Waals surface area (Å²) >= 11 is 0. The van der Waals surface area contributed by atoms with Gasteiger partial charge < -0.3 is 14.6 Å². The Labute approximate surface area is 153 Å². The molecule has 0 spiro atoms. The number of nitrogens with one attached hydrogen (secondary N) is 1. The Kier molecular flexibility index (Phi) is 5.11. The lowest BCUT2D eigenvalue weighted by Crippen LogP contribution is -2.34. The summed E-state index contributed by atoms with van der Waals surface area (Å²) in [6.07, 6.45) is 3.32. The van der Waals surface area contributed by atoms with Crippen molar-refractivity contribution in [3.05, 3.63) is 36.3 Å². The van der Waals surface area contributed by atoms with E-state index >= 15 is 0 Å². The van der Waals surface area contributed by atoms with Gasteiger partial charge in [-0.1, -0.05) is 25.1 Å². The zero-order chi connectivity index (χ0) is 18.7. The summed E-state index contributed by atoms with van der Waals surface area (Å²) < 4.78 is 7.50. The van der Waals surface area contributed by atoms with Crippen LogP contribution >= 0.6 is 0 Å². The lowest BCUT2D eigenvalue weighted by Gasteiger charge is -2.20. The van der Waals surface area contributed by atoms with Crippen molar-refractivity contribution in [3.8, 4) is 0 Å². The average molecular weight is 354 g/mol. The number of aromatic nitrogens is 3. The van der Waals surface area contributed by atoms with Crippen molar-refractivity contribution in [2.24, 2.45) is 0 Å². The van der Waals surface area contributed by atoms with Crippen LogP contribution in [-0.2, 0) is 17.7 Å². The van der Waals surface area contributed by atoms with Crippen LogP contribution in [-0.4, -0.2) is 32.8 Å². The van der Waals surface area contributed by atoms with E-state index < -0.39 is 11.7 Å². The predicted molar refractivity (Wildman–Crippen MR) is 103 cm³/mol. The number of para-hydroxylation sites is 1. The standard InChI is InChI=1S/C20H26N4O2/c1-5-8-17-23-16-13-22-15-10-7-6-9-14(15)18(16)24(17)12-11-21-19(25)26-20(2,3)4/h6-7,9-10,13H,5,8,11-12H2,1-4H3,(H,21,25). The van der Waals surface area contributed by atoms with Crippen LogP contribution in [0.1, 0.15) is 39.9 Å². The second kappa shape index (κ2) is 7.32. The molecule has 1 amide bonds. The predicted octanol–water partition coefficient (Wildman–Crippen LogP) is 4.06. The fourth-order valence-corrected chi connectivity index (χ4v) is 3.05. The first-order chi connectivity index (χ1) is 12.4. The molecule has 0 aliphatic heterocycles. The van der Waals surface area contributed by atoms with Crippen LogP contribution in [0.25, 0.3) is 21.9 Å². The highest BCUT2D eigenvalue weighted by Gasteiger charge is 2.17. The number of imidazole rings is 1. The van der Waals surface area contributed by atoms with E-state index in [9.17, 15) is 4.79 Å². The molecule has 138 valence electrons.